The topological polar surface area (TPSA) is 76.2 Å². The number of carbonyl (C=O) groups excluding carboxylic acids is 1. The number of likely N-dealkylation sites (tertiary alicyclic amines) is 1. The number of hydrogen-bond donors (Lipinski definition) is 0. The first-order valence-electron chi connectivity index (χ1n) is 9.20. The van der Waals surface area contributed by atoms with Crippen LogP contribution in [0, 0.1) is 0 Å². The molecule has 2 saturated heterocycles. The van der Waals surface area contributed by atoms with E-state index in [4.69, 9.17) is 21.1 Å². The third-order valence-corrected chi connectivity index (χ3v) is 7.51. The Morgan fingerprint density at radius 2 is 1.78 bits per heavy atom. The Bertz CT molecular complexity index is 794. The number of sulfonamides is 1. The van der Waals surface area contributed by atoms with Crippen molar-refractivity contribution in [1.29, 1.82) is 0 Å². The summed E-state index contributed by atoms with van der Waals surface area (Å²) in [6.45, 7) is 6.37. The second-order valence-corrected chi connectivity index (χ2v) is 8.98. The van der Waals surface area contributed by atoms with Crippen LogP contribution in [-0.4, -0.2) is 68.7 Å². The number of rotatable bonds is 5. The summed E-state index contributed by atoms with van der Waals surface area (Å²) in [5, 5.41) is 0.243. The van der Waals surface area contributed by atoms with E-state index in [0.717, 1.165) is 0 Å². The zero-order chi connectivity index (χ0) is 19.7. The van der Waals surface area contributed by atoms with E-state index in [-0.39, 0.29) is 21.4 Å². The van der Waals surface area contributed by atoms with Gasteiger partial charge in [0.1, 0.15) is 0 Å². The zero-order valence-electron chi connectivity index (χ0n) is 15.6. The van der Waals surface area contributed by atoms with Gasteiger partial charge in [0.2, 0.25) is 10.0 Å². The van der Waals surface area contributed by atoms with Gasteiger partial charge in [-0.2, -0.15) is 4.31 Å². The van der Waals surface area contributed by atoms with Gasteiger partial charge in [0.25, 0.3) is 5.91 Å². The third-order valence-electron chi connectivity index (χ3n) is 5.14. The maximum absolute atomic E-state index is 13.0. The van der Waals surface area contributed by atoms with Gasteiger partial charge in [0, 0.05) is 39.0 Å². The van der Waals surface area contributed by atoms with Crippen molar-refractivity contribution in [3.63, 3.8) is 0 Å². The summed E-state index contributed by atoms with van der Waals surface area (Å²) < 4.78 is 38.2. The zero-order valence-corrected chi connectivity index (χ0v) is 17.2. The average molecular weight is 417 g/mol. The standard InChI is InChI=1S/C18H25ClN2O5S/c1-3-21(4-2)27(23,24)14-5-6-16(19)15(13-14)17(22)20-9-7-18(8-10-20)25-11-12-26-18/h5-6,13H,3-4,7-12H2,1-2H3. The molecule has 150 valence electrons. The van der Waals surface area contributed by atoms with Gasteiger partial charge in [-0.1, -0.05) is 25.4 Å². The lowest BCUT2D eigenvalue weighted by Crippen LogP contribution is -2.47. The van der Waals surface area contributed by atoms with E-state index in [1.54, 1.807) is 18.7 Å². The monoisotopic (exact) mass is 416 g/mol. The normalized spacial score (nSPS) is 19.8. The Morgan fingerprint density at radius 3 is 2.33 bits per heavy atom. The molecule has 0 aromatic heterocycles. The highest BCUT2D eigenvalue weighted by atomic mass is 35.5. The smallest absolute Gasteiger partial charge is 0.255 e. The van der Waals surface area contributed by atoms with Gasteiger partial charge in [-0.3, -0.25) is 4.79 Å². The highest BCUT2D eigenvalue weighted by molar-refractivity contribution is 7.89. The molecule has 2 fully saturated rings. The van der Waals surface area contributed by atoms with Crippen molar-refractivity contribution in [2.75, 3.05) is 39.4 Å². The lowest BCUT2D eigenvalue weighted by molar-refractivity contribution is -0.181. The third kappa shape index (κ3) is 4.00. The summed E-state index contributed by atoms with van der Waals surface area (Å²) >= 11 is 6.22. The van der Waals surface area contributed by atoms with Gasteiger partial charge < -0.3 is 14.4 Å². The minimum atomic E-state index is -3.66. The number of nitrogens with zero attached hydrogens (tertiary/aromatic N) is 2. The van der Waals surface area contributed by atoms with Gasteiger partial charge in [-0.15, -0.1) is 0 Å². The molecule has 2 aliphatic heterocycles. The summed E-state index contributed by atoms with van der Waals surface area (Å²) in [7, 11) is -3.66. The molecule has 7 nitrogen and oxygen atoms in total. The number of halogens is 1. The molecule has 1 spiro atoms. The predicted molar refractivity (Wildman–Crippen MR) is 101 cm³/mol. The largest absolute Gasteiger partial charge is 0.347 e. The van der Waals surface area contributed by atoms with Crippen LogP contribution in [0.4, 0.5) is 0 Å². The summed E-state index contributed by atoms with van der Waals surface area (Å²) in [4.78, 5) is 14.7. The minimum Gasteiger partial charge on any atom is -0.347 e. The van der Waals surface area contributed by atoms with E-state index in [9.17, 15) is 13.2 Å². The first-order chi connectivity index (χ1) is 12.8. The molecule has 0 bridgehead atoms. The van der Waals surface area contributed by atoms with Crippen LogP contribution in [0.15, 0.2) is 23.1 Å². The number of piperidine rings is 1. The van der Waals surface area contributed by atoms with Crippen LogP contribution in [0.25, 0.3) is 0 Å². The van der Waals surface area contributed by atoms with Gasteiger partial charge in [0.05, 0.1) is 28.7 Å². The molecule has 0 atom stereocenters. The van der Waals surface area contributed by atoms with Crippen molar-refractivity contribution in [1.82, 2.24) is 9.21 Å². The van der Waals surface area contributed by atoms with Crippen molar-refractivity contribution < 1.29 is 22.7 Å². The number of ether oxygens (including phenoxy) is 2. The Kier molecular flexibility index (Phi) is 6.12. The molecule has 2 heterocycles. The molecule has 0 radical (unpaired) electrons. The van der Waals surface area contributed by atoms with Crippen molar-refractivity contribution in [3.05, 3.63) is 28.8 Å². The van der Waals surface area contributed by atoms with E-state index < -0.39 is 15.8 Å². The molecule has 1 aromatic carbocycles. The van der Waals surface area contributed by atoms with Crippen LogP contribution < -0.4 is 0 Å². The molecule has 9 heteroatoms. The fraction of sp³-hybridized carbons (Fsp3) is 0.611. The predicted octanol–water partition coefficient (Wildman–Crippen LogP) is 2.35. The molecule has 0 N–H and O–H groups in total. The molecule has 1 aromatic rings. The molecule has 0 aliphatic carbocycles. The quantitative estimate of drug-likeness (QED) is 0.736. The maximum Gasteiger partial charge on any atom is 0.255 e. The van der Waals surface area contributed by atoms with Crippen LogP contribution in [0.2, 0.25) is 5.02 Å². The van der Waals surface area contributed by atoms with Crippen molar-refractivity contribution in [2.24, 2.45) is 0 Å². The first-order valence-corrected chi connectivity index (χ1v) is 11.0. The first kappa shape index (κ1) is 20.5. The summed E-state index contributed by atoms with van der Waals surface area (Å²) in [6, 6.07) is 4.29. The number of amides is 1. The SMILES string of the molecule is CCN(CC)S(=O)(=O)c1ccc(Cl)c(C(=O)N2CCC3(CC2)OCCO3)c1. The Labute approximate surface area is 165 Å². The lowest BCUT2D eigenvalue weighted by atomic mass is 10.0. The van der Waals surface area contributed by atoms with E-state index in [1.165, 1.54) is 22.5 Å². The Hall–Kier alpha value is -1.19. The van der Waals surface area contributed by atoms with Gasteiger partial charge in [-0.25, -0.2) is 8.42 Å². The van der Waals surface area contributed by atoms with E-state index in [2.05, 4.69) is 0 Å². The molecule has 27 heavy (non-hydrogen) atoms. The highest BCUT2D eigenvalue weighted by Crippen LogP contribution is 2.32. The Balaban J connectivity index is 1.81. The molecule has 0 unspecified atom stereocenters. The lowest BCUT2D eigenvalue weighted by Gasteiger charge is -2.37. The van der Waals surface area contributed by atoms with Crippen LogP contribution >= 0.6 is 11.6 Å². The number of carbonyl (C=O) groups is 1. The van der Waals surface area contributed by atoms with Crippen LogP contribution in [0.5, 0.6) is 0 Å². The Morgan fingerprint density at radius 1 is 1.19 bits per heavy atom. The fourth-order valence-electron chi connectivity index (χ4n) is 3.55. The summed E-state index contributed by atoms with van der Waals surface area (Å²) in [6.07, 6.45) is 1.18. The summed E-state index contributed by atoms with van der Waals surface area (Å²) in [5.74, 6) is -0.849. The number of benzene rings is 1. The molecule has 1 amide bonds. The number of hydrogen-bond acceptors (Lipinski definition) is 5. The molecule has 2 aliphatic rings. The highest BCUT2D eigenvalue weighted by Gasteiger charge is 2.41. The molecule has 0 saturated carbocycles. The van der Waals surface area contributed by atoms with Gasteiger partial charge in [0.15, 0.2) is 5.79 Å². The second-order valence-electron chi connectivity index (χ2n) is 6.63. The minimum absolute atomic E-state index is 0.0786. The van der Waals surface area contributed by atoms with E-state index in [0.29, 0.717) is 52.2 Å². The average Bonchev–Trinajstić information content (AvgIpc) is 3.11. The van der Waals surface area contributed by atoms with E-state index in [1.807, 2.05) is 0 Å². The fourth-order valence-corrected chi connectivity index (χ4v) is 5.23. The van der Waals surface area contributed by atoms with E-state index >= 15 is 0 Å². The van der Waals surface area contributed by atoms with Gasteiger partial charge >= 0.3 is 0 Å². The molecule has 3 rings (SSSR count). The van der Waals surface area contributed by atoms with Crippen LogP contribution in [0.1, 0.15) is 37.0 Å². The van der Waals surface area contributed by atoms with Crippen molar-refractivity contribution >= 4 is 27.5 Å². The van der Waals surface area contributed by atoms with Crippen molar-refractivity contribution in [2.45, 2.75) is 37.4 Å². The molecular weight excluding hydrogens is 392 g/mol. The van der Waals surface area contributed by atoms with Gasteiger partial charge in [-0.05, 0) is 18.2 Å². The second kappa shape index (κ2) is 8.05. The van der Waals surface area contributed by atoms with Crippen LogP contribution in [0.3, 0.4) is 0 Å². The van der Waals surface area contributed by atoms with Crippen LogP contribution in [-0.2, 0) is 19.5 Å². The maximum atomic E-state index is 13.0. The van der Waals surface area contributed by atoms with Crippen molar-refractivity contribution in [3.8, 4) is 0 Å². The molecular formula is C18H25ClN2O5S. The summed E-state index contributed by atoms with van der Waals surface area (Å²) in [5.41, 5.74) is 0.203.